The first-order valence-corrected chi connectivity index (χ1v) is 8.63. The van der Waals surface area contributed by atoms with E-state index in [1.165, 1.54) is 11.0 Å². The topological polar surface area (TPSA) is 48.5 Å². The maximum Gasteiger partial charge on any atom is 0.435 e. The van der Waals surface area contributed by atoms with Crippen molar-refractivity contribution in [3.63, 3.8) is 0 Å². The van der Waals surface area contributed by atoms with Gasteiger partial charge in [0.1, 0.15) is 12.7 Å². The van der Waals surface area contributed by atoms with E-state index < -0.39 is 11.9 Å². The highest BCUT2D eigenvalue weighted by Crippen LogP contribution is 2.33. The van der Waals surface area contributed by atoms with Crippen LogP contribution in [0.1, 0.15) is 11.3 Å². The molecular formula is C19H13ClF3N5. The Morgan fingerprint density at radius 1 is 0.964 bits per heavy atom. The highest BCUT2D eigenvalue weighted by atomic mass is 35.5. The third-order valence-electron chi connectivity index (χ3n) is 4.13. The summed E-state index contributed by atoms with van der Waals surface area (Å²) in [6, 6.07) is 14.7. The molecule has 28 heavy (non-hydrogen) atoms. The fourth-order valence-corrected chi connectivity index (χ4v) is 2.91. The molecule has 4 rings (SSSR count). The molecule has 5 nitrogen and oxygen atoms in total. The molecule has 0 fully saturated rings. The van der Waals surface area contributed by atoms with E-state index in [1.54, 1.807) is 47.4 Å². The van der Waals surface area contributed by atoms with E-state index in [0.717, 1.165) is 11.6 Å². The largest absolute Gasteiger partial charge is 0.435 e. The van der Waals surface area contributed by atoms with Crippen molar-refractivity contribution >= 4 is 11.6 Å². The average Bonchev–Trinajstić information content (AvgIpc) is 3.33. The predicted octanol–water partition coefficient (Wildman–Crippen LogP) is 4.85. The Morgan fingerprint density at radius 3 is 2.29 bits per heavy atom. The summed E-state index contributed by atoms with van der Waals surface area (Å²) in [5, 5.41) is 8.33. The van der Waals surface area contributed by atoms with Gasteiger partial charge in [-0.25, -0.2) is 14.3 Å². The second-order valence-electron chi connectivity index (χ2n) is 6.09. The molecule has 0 unspecified atom stereocenters. The Balaban J connectivity index is 1.73. The van der Waals surface area contributed by atoms with Crippen LogP contribution in [0.5, 0.6) is 0 Å². The summed E-state index contributed by atoms with van der Waals surface area (Å²) in [6.45, 7) is 0.511. The molecule has 0 amide bonds. The first-order valence-electron chi connectivity index (χ1n) is 8.25. The van der Waals surface area contributed by atoms with Crippen LogP contribution in [-0.2, 0) is 12.7 Å². The van der Waals surface area contributed by atoms with Crippen molar-refractivity contribution < 1.29 is 13.2 Å². The van der Waals surface area contributed by atoms with E-state index >= 15 is 0 Å². The summed E-state index contributed by atoms with van der Waals surface area (Å²) in [4.78, 5) is 3.88. The number of rotatable bonds is 4. The van der Waals surface area contributed by atoms with Crippen molar-refractivity contribution in [3.8, 4) is 16.9 Å². The van der Waals surface area contributed by atoms with Gasteiger partial charge in [0.2, 0.25) is 0 Å². The van der Waals surface area contributed by atoms with Crippen LogP contribution in [0.15, 0.2) is 67.3 Å². The third-order valence-corrected chi connectivity index (χ3v) is 4.38. The van der Waals surface area contributed by atoms with Gasteiger partial charge in [0.25, 0.3) is 0 Å². The van der Waals surface area contributed by atoms with Gasteiger partial charge in [0, 0.05) is 10.6 Å². The number of nitrogens with zero attached hydrogens (tertiary/aromatic N) is 5. The van der Waals surface area contributed by atoms with Crippen molar-refractivity contribution in [3.05, 3.63) is 83.5 Å². The SMILES string of the molecule is FC(F)(F)c1cc(-c2ccc(Cl)cc2)n(-c2ccc(Cn3cncn3)cc2)n1. The van der Waals surface area contributed by atoms with Crippen LogP contribution in [0.4, 0.5) is 13.2 Å². The van der Waals surface area contributed by atoms with Gasteiger partial charge in [-0.1, -0.05) is 35.9 Å². The first-order chi connectivity index (χ1) is 13.4. The summed E-state index contributed by atoms with van der Waals surface area (Å²) in [7, 11) is 0. The molecule has 2 heterocycles. The molecule has 0 atom stereocenters. The normalized spacial score (nSPS) is 11.7. The van der Waals surface area contributed by atoms with Crippen molar-refractivity contribution in [2.75, 3.05) is 0 Å². The number of aromatic nitrogens is 5. The summed E-state index contributed by atoms with van der Waals surface area (Å²) in [5.41, 5.74) is 1.41. The highest BCUT2D eigenvalue weighted by molar-refractivity contribution is 6.30. The Kier molecular flexibility index (Phi) is 4.64. The molecule has 4 aromatic rings. The lowest BCUT2D eigenvalue weighted by Gasteiger charge is -2.09. The molecule has 0 radical (unpaired) electrons. The minimum Gasteiger partial charge on any atom is -0.249 e. The Morgan fingerprint density at radius 2 is 1.68 bits per heavy atom. The minimum absolute atomic E-state index is 0.327. The van der Waals surface area contributed by atoms with Gasteiger partial charge in [-0.2, -0.15) is 23.4 Å². The van der Waals surface area contributed by atoms with Gasteiger partial charge in [0.15, 0.2) is 5.69 Å². The molecule has 0 aliphatic rings. The molecule has 9 heteroatoms. The van der Waals surface area contributed by atoms with Crippen LogP contribution >= 0.6 is 11.6 Å². The quantitative estimate of drug-likeness (QED) is 0.489. The fourth-order valence-electron chi connectivity index (χ4n) is 2.79. The Bertz CT molecular complexity index is 1070. The second kappa shape index (κ2) is 7.12. The summed E-state index contributed by atoms with van der Waals surface area (Å²) >= 11 is 5.90. The molecular weight excluding hydrogens is 391 g/mol. The highest BCUT2D eigenvalue weighted by Gasteiger charge is 2.35. The minimum atomic E-state index is -4.54. The van der Waals surface area contributed by atoms with Crippen LogP contribution in [-0.4, -0.2) is 24.5 Å². The zero-order chi connectivity index (χ0) is 19.7. The lowest BCUT2D eigenvalue weighted by atomic mass is 10.1. The molecule has 0 N–H and O–H groups in total. The lowest BCUT2D eigenvalue weighted by molar-refractivity contribution is -0.141. The van der Waals surface area contributed by atoms with E-state index in [-0.39, 0.29) is 0 Å². The predicted molar refractivity (Wildman–Crippen MR) is 98.1 cm³/mol. The molecule has 0 saturated heterocycles. The van der Waals surface area contributed by atoms with Gasteiger partial charge >= 0.3 is 6.18 Å². The van der Waals surface area contributed by atoms with Crippen LogP contribution in [0.3, 0.4) is 0 Å². The Hall–Kier alpha value is -3.13. The van der Waals surface area contributed by atoms with Crippen LogP contribution in [0.25, 0.3) is 16.9 Å². The van der Waals surface area contributed by atoms with Crippen molar-refractivity contribution in [1.29, 1.82) is 0 Å². The average molecular weight is 404 g/mol. The van der Waals surface area contributed by atoms with E-state index in [1.807, 2.05) is 12.1 Å². The van der Waals surface area contributed by atoms with Crippen molar-refractivity contribution in [2.45, 2.75) is 12.7 Å². The first kappa shape index (κ1) is 18.2. The lowest BCUT2D eigenvalue weighted by Crippen LogP contribution is -2.07. The summed E-state index contributed by atoms with van der Waals surface area (Å²) in [6.07, 6.45) is -1.51. The van der Waals surface area contributed by atoms with E-state index in [0.29, 0.717) is 28.5 Å². The smallest absolute Gasteiger partial charge is 0.249 e. The van der Waals surface area contributed by atoms with E-state index in [2.05, 4.69) is 15.2 Å². The summed E-state index contributed by atoms with van der Waals surface area (Å²) < 4.78 is 42.7. The molecule has 2 aromatic carbocycles. The number of hydrogen-bond donors (Lipinski definition) is 0. The second-order valence-corrected chi connectivity index (χ2v) is 6.53. The zero-order valence-electron chi connectivity index (χ0n) is 14.3. The number of halogens is 4. The monoisotopic (exact) mass is 403 g/mol. The van der Waals surface area contributed by atoms with Crippen LogP contribution in [0, 0.1) is 0 Å². The number of benzene rings is 2. The maximum atomic E-state index is 13.2. The molecule has 0 bridgehead atoms. The molecule has 0 saturated carbocycles. The van der Waals surface area contributed by atoms with Gasteiger partial charge in [0.05, 0.1) is 17.9 Å². The van der Waals surface area contributed by atoms with E-state index in [9.17, 15) is 13.2 Å². The maximum absolute atomic E-state index is 13.2. The van der Waals surface area contributed by atoms with Gasteiger partial charge in [-0.3, -0.25) is 0 Å². The molecule has 142 valence electrons. The van der Waals surface area contributed by atoms with Gasteiger partial charge < -0.3 is 0 Å². The standard InChI is InChI=1S/C19H13ClF3N5/c20-15-5-3-14(4-6-15)17-9-18(19(21,22)23)26-28(17)16-7-1-13(2-8-16)10-27-12-24-11-25-27/h1-9,11-12H,10H2. The van der Waals surface area contributed by atoms with Gasteiger partial charge in [-0.15, -0.1) is 0 Å². The van der Waals surface area contributed by atoms with E-state index in [4.69, 9.17) is 11.6 Å². The van der Waals surface area contributed by atoms with Gasteiger partial charge in [-0.05, 0) is 35.9 Å². The van der Waals surface area contributed by atoms with Crippen LogP contribution < -0.4 is 0 Å². The third kappa shape index (κ3) is 3.77. The van der Waals surface area contributed by atoms with Crippen molar-refractivity contribution in [2.24, 2.45) is 0 Å². The molecule has 0 aliphatic heterocycles. The summed E-state index contributed by atoms with van der Waals surface area (Å²) in [5.74, 6) is 0. The number of alkyl halides is 3. The molecule has 0 aliphatic carbocycles. The molecule has 0 spiro atoms. The molecule has 2 aromatic heterocycles. The fraction of sp³-hybridized carbons (Fsp3) is 0.105. The van der Waals surface area contributed by atoms with Crippen LogP contribution in [0.2, 0.25) is 5.02 Å². The number of hydrogen-bond acceptors (Lipinski definition) is 3. The zero-order valence-corrected chi connectivity index (χ0v) is 15.1. The van der Waals surface area contributed by atoms with Crippen molar-refractivity contribution in [1.82, 2.24) is 24.5 Å². The Labute approximate surface area is 163 Å².